The molecule has 2 aromatic rings. The zero-order valence-corrected chi connectivity index (χ0v) is 10.9. The molecule has 0 fully saturated rings. The van der Waals surface area contributed by atoms with E-state index in [1.165, 1.54) is 0 Å². The molecule has 5 nitrogen and oxygen atoms in total. The summed E-state index contributed by atoms with van der Waals surface area (Å²) in [6, 6.07) is 7.98. The van der Waals surface area contributed by atoms with Gasteiger partial charge in [0.1, 0.15) is 12.4 Å². The van der Waals surface area contributed by atoms with E-state index >= 15 is 0 Å². The number of nitrogens with zero attached hydrogens (tertiary/aromatic N) is 2. The first-order chi connectivity index (χ1) is 9.38. The van der Waals surface area contributed by atoms with E-state index < -0.39 is 0 Å². The Morgan fingerprint density at radius 1 is 1.32 bits per heavy atom. The van der Waals surface area contributed by atoms with Gasteiger partial charge in [-0.15, -0.1) is 10.2 Å². The van der Waals surface area contributed by atoms with Gasteiger partial charge in [0.2, 0.25) is 11.8 Å². The SMILES string of the molecule is CCCNCc1nnc(C2COc3ccccc32)o1. The highest BCUT2D eigenvalue weighted by Gasteiger charge is 2.29. The van der Waals surface area contributed by atoms with Gasteiger partial charge in [0.05, 0.1) is 12.5 Å². The van der Waals surface area contributed by atoms with E-state index in [9.17, 15) is 0 Å². The van der Waals surface area contributed by atoms with Crippen LogP contribution in [0.25, 0.3) is 0 Å². The lowest BCUT2D eigenvalue weighted by molar-refractivity contribution is 0.320. The van der Waals surface area contributed by atoms with E-state index in [1.807, 2.05) is 24.3 Å². The number of fused-ring (bicyclic) bond motifs is 1. The third-order valence-electron chi connectivity index (χ3n) is 3.18. The zero-order valence-electron chi connectivity index (χ0n) is 10.9. The molecule has 1 aliphatic heterocycles. The van der Waals surface area contributed by atoms with Gasteiger partial charge >= 0.3 is 0 Å². The molecule has 0 spiro atoms. The molecule has 0 bridgehead atoms. The van der Waals surface area contributed by atoms with Gasteiger partial charge in [-0.3, -0.25) is 0 Å². The van der Waals surface area contributed by atoms with Gasteiger partial charge in [0.15, 0.2) is 0 Å². The molecule has 0 radical (unpaired) electrons. The lowest BCUT2D eigenvalue weighted by Crippen LogP contribution is -2.13. The average Bonchev–Trinajstić information content (AvgIpc) is 3.05. The van der Waals surface area contributed by atoms with Crippen LogP contribution < -0.4 is 10.1 Å². The van der Waals surface area contributed by atoms with Gasteiger partial charge in [0.25, 0.3) is 0 Å². The quantitative estimate of drug-likeness (QED) is 0.833. The first-order valence-electron chi connectivity index (χ1n) is 6.63. The number of hydrogen-bond donors (Lipinski definition) is 1. The maximum atomic E-state index is 5.71. The van der Waals surface area contributed by atoms with Gasteiger partial charge in [-0.1, -0.05) is 25.1 Å². The zero-order chi connectivity index (χ0) is 13.1. The van der Waals surface area contributed by atoms with Crippen molar-refractivity contribution < 1.29 is 9.15 Å². The number of benzene rings is 1. The van der Waals surface area contributed by atoms with Gasteiger partial charge in [-0.25, -0.2) is 0 Å². The van der Waals surface area contributed by atoms with Gasteiger partial charge in [-0.2, -0.15) is 0 Å². The molecule has 3 rings (SSSR count). The predicted octanol–water partition coefficient (Wildman–Crippen LogP) is 2.09. The third-order valence-corrected chi connectivity index (χ3v) is 3.18. The number of nitrogens with one attached hydrogen (secondary N) is 1. The largest absolute Gasteiger partial charge is 0.492 e. The highest BCUT2D eigenvalue weighted by atomic mass is 16.5. The molecule has 0 saturated heterocycles. The highest BCUT2D eigenvalue weighted by Crippen LogP contribution is 2.37. The predicted molar refractivity (Wildman–Crippen MR) is 70.1 cm³/mol. The van der Waals surface area contributed by atoms with Crippen LogP contribution >= 0.6 is 0 Å². The number of rotatable bonds is 5. The summed E-state index contributed by atoms with van der Waals surface area (Å²) in [5.74, 6) is 2.24. The Morgan fingerprint density at radius 2 is 2.21 bits per heavy atom. The van der Waals surface area contributed by atoms with Crippen molar-refractivity contribution >= 4 is 0 Å². The van der Waals surface area contributed by atoms with Crippen molar-refractivity contribution in [3.8, 4) is 5.75 Å². The molecule has 5 heteroatoms. The Morgan fingerprint density at radius 3 is 3.11 bits per heavy atom. The van der Waals surface area contributed by atoms with Crippen LogP contribution in [0.15, 0.2) is 28.7 Å². The smallest absolute Gasteiger partial charge is 0.230 e. The lowest BCUT2D eigenvalue weighted by atomic mass is 10.0. The average molecular weight is 259 g/mol. The first kappa shape index (κ1) is 12.2. The molecular weight excluding hydrogens is 242 g/mol. The molecule has 2 heterocycles. The van der Waals surface area contributed by atoms with E-state index in [-0.39, 0.29) is 5.92 Å². The van der Waals surface area contributed by atoms with Crippen LogP contribution in [-0.4, -0.2) is 23.3 Å². The molecule has 1 aromatic carbocycles. The third kappa shape index (κ3) is 2.46. The molecule has 1 unspecified atom stereocenters. The van der Waals surface area contributed by atoms with Crippen LogP contribution in [0, 0.1) is 0 Å². The van der Waals surface area contributed by atoms with E-state index in [4.69, 9.17) is 9.15 Å². The Bertz CT molecular complexity index is 553. The second kappa shape index (κ2) is 5.40. The lowest BCUT2D eigenvalue weighted by Gasteiger charge is -2.02. The van der Waals surface area contributed by atoms with Crippen molar-refractivity contribution in [2.75, 3.05) is 13.2 Å². The molecule has 1 atom stereocenters. The maximum Gasteiger partial charge on any atom is 0.230 e. The first-order valence-corrected chi connectivity index (χ1v) is 6.63. The number of para-hydroxylation sites is 1. The summed E-state index contributed by atoms with van der Waals surface area (Å²) in [4.78, 5) is 0. The van der Waals surface area contributed by atoms with Crippen molar-refractivity contribution in [3.05, 3.63) is 41.6 Å². The molecule has 100 valence electrons. The molecule has 1 N–H and O–H groups in total. The molecule has 0 amide bonds. The molecule has 0 saturated carbocycles. The number of ether oxygens (including phenoxy) is 1. The highest BCUT2D eigenvalue weighted by molar-refractivity contribution is 5.42. The van der Waals surface area contributed by atoms with E-state index in [0.717, 1.165) is 24.3 Å². The van der Waals surface area contributed by atoms with Crippen molar-refractivity contribution in [2.45, 2.75) is 25.8 Å². The summed E-state index contributed by atoms with van der Waals surface area (Å²) in [6.45, 7) is 4.27. The van der Waals surface area contributed by atoms with Crippen molar-refractivity contribution in [1.29, 1.82) is 0 Å². The van der Waals surface area contributed by atoms with Crippen molar-refractivity contribution in [1.82, 2.24) is 15.5 Å². The fourth-order valence-electron chi connectivity index (χ4n) is 2.22. The summed E-state index contributed by atoms with van der Waals surface area (Å²) in [6.07, 6.45) is 1.09. The number of hydrogen-bond acceptors (Lipinski definition) is 5. The summed E-state index contributed by atoms with van der Waals surface area (Å²) >= 11 is 0. The molecule has 1 aliphatic rings. The van der Waals surface area contributed by atoms with Crippen LogP contribution in [0.4, 0.5) is 0 Å². The van der Waals surface area contributed by atoms with Crippen molar-refractivity contribution in [2.24, 2.45) is 0 Å². The minimum Gasteiger partial charge on any atom is -0.492 e. The molecular formula is C14H17N3O2. The van der Waals surface area contributed by atoms with E-state index in [0.29, 0.717) is 24.9 Å². The maximum absolute atomic E-state index is 5.71. The Hall–Kier alpha value is -1.88. The normalized spacial score (nSPS) is 17.2. The summed E-state index contributed by atoms with van der Waals surface area (Å²) in [5.41, 5.74) is 1.12. The molecule has 0 aliphatic carbocycles. The van der Waals surface area contributed by atoms with Gasteiger partial charge < -0.3 is 14.5 Å². The Kier molecular flexibility index (Phi) is 3.46. The number of aromatic nitrogens is 2. The molecule has 19 heavy (non-hydrogen) atoms. The standard InChI is InChI=1S/C14H17N3O2/c1-2-7-15-8-13-16-17-14(19-13)11-9-18-12-6-4-3-5-10(11)12/h3-6,11,15H,2,7-9H2,1H3. The summed E-state index contributed by atoms with van der Waals surface area (Å²) in [5, 5.41) is 11.5. The van der Waals surface area contributed by atoms with Crippen LogP contribution in [0.1, 0.15) is 36.6 Å². The Labute approximate surface area is 112 Å². The minimum absolute atomic E-state index is 0.0589. The van der Waals surface area contributed by atoms with E-state index in [2.05, 4.69) is 22.4 Å². The second-order valence-electron chi connectivity index (χ2n) is 4.61. The van der Waals surface area contributed by atoms with Crippen LogP contribution in [0.5, 0.6) is 5.75 Å². The molecule has 1 aromatic heterocycles. The topological polar surface area (TPSA) is 60.2 Å². The second-order valence-corrected chi connectivity index (χ2v) is 4.61. The monoisotopic (exact) mass is 259 g/mol. The van der Waals surface area contributed by atoms with E-state index in [1.54, 1.807) is 0 Å². The Balaban J connectivity index is 1.74. The fraction of sp³-hybridized carbons (Fsp3) is 0.429. The van der Waals surface area contributed by atoms with Crippen LogP contribution in [0.3, 0.4) is 0 Å². The van der Waals surface area contributed by atoms with Crippen LogP contribution in [-0.2, 0) is 6.54 Å². The van der Waals surface area contributed by atoms with Crippen molar-refractivity contribution in [3.63, 3.8) is 0 Å². The summed E-state index contributed by atoms with van der Waals surface area (Å²) < 4.78 is 11.3. The van der Waals surface area contributed by atoms with Crippen LogP contribution in [0.2, 0.25) is 0 Å². The minimum atomic E-state index is 0.0589. The van der Waals surface area contributed by atoms with Gasteiger partial charge in [-0.05, 0) is 19.0 Å². The fourth-order valence-corrected chi connectivity index (χ4v) is 2.22. The van der Waals surface area contributed by atoms with Gasteiger partial charge in [0, 0.05) is 5.56 Å². The summed E-state index contributed by atoms with van der Waals surface area (Å²) in [7, 11) is 0.